The van der Waals surface area contributed by atoms with Gasteiger partial charge in [0.05, 0.1) is 25.5 Å². The molecule has 0 bridgehead atoms. The van der Waals surface area contributed by atoms with Crippen molar-refractivity contribution in [2.75, 3.05) is 6.54 Å². The molecule has 3 rings (SSSR count). The molecule has 0 saturated carbocycles. The Hall–Kier alpha value is -1.65. The van der Waals surface area contributed by atoms with Crippen molar-refractivity contribution in [2.24, 2.45) is 0 Å². The fourth-order valence-electron chi connectivity index (χ4n) is 2.42. The van der Waals surface area contributed by atoms with Crippen molar-refractivity contribution in [2.45, 2.75) is 26.2 Å². The number of fused-ring (bicyclic) bond motifs is 1. The lowest BCUT2D eigenvalue weighted by Gasteiger charge is -2.17. The molecule has 0 saturated heterocycles. The third kappa shape index (κ3) is 2.05. The molecule has 0 aliphatic carbocycles. The summed E-state index contributed by atoms with van der Waals surface area (Å²) in [6.45, 7) is 4.51. The standard InChI is InChI=1S/C14H17N3O/c1-2-15-14(13-6-16-17-7-13)10-3-4-11-8-18-9-12(11)5-10/h3-7,14-15H,2,8-9H2,1H3,(H,16,17). The Morgan fingerprint density at radius 3 is 3.00 bits per heavy atom. The Bertz CT molecular complexity index is 522. The van der Waals surface area contributed by atoms with E-state index in [2.05, 4.69) is 40.6 Å². The van der Waals surface area contributed by atoms with E-state index in [4.69, 9.17) is 4.74 Å². The minimum absolute atomic E-state index is 0.194. The van der Waals surface area contributed by atoms with Crippen LogP contribution >= 0.6 is 0 Å². The zero-order valence-electron chi connectivity index (χ0n) is 10.4. The van der Waals surface area contributed by atoms with Crippen molar-refractivity contribution >= 4 is 0 Å². The van der Waals surface area contributed by atoms with E-state index in [1.165, 1.54) is 16.7 Å². The van der Waals surface area contributed by atoms with Crippen molar-refractivity contribution in [1.82, 2.24) is 15.5 Å². The van der Waals surface area contributed by atoms with Gasteiger partial charge in [0.2, 0.25) is 0 Å². The molecule has 2 aromatic rings. The van der Waals surface area contributed by atoms with Crippen LogP contribution in [-0.2, 0) is 18.0 Å². The first-order valence-corrected chi connectivity index (χ1v) is 6.30. The maximum absolute atomic E-state index is 5.46. The molecule has 0 spiro atoms. The van der Waals surface area contributed by atoms with Gasteiger partial charge in [-0.1, -0.05) is 25.1 Å². The van der Waals surface area contributed by atoms with Crippen LogP contribution in [0.2, 0.25) is 0 Å². The highest BCUT2D eigenvalue weighted by Gasteiger charge is 2.17. The SMILES string of the molecule is CCNC(c1cn[nH]c1)c1ccc2c(c1)COC2. The van der Waals surface area contributed by atoms with Gasteiger partial charge in [0.15, 0.2) is 0 Å². The molecule has 0 amide bonds. The van der Waals surface area contributed by atoms with Gasteiger partial charge < -0.3 is 10.1 Å². The zero-order valence-corrected chi connectivity index (χ0v) is 10.4. The molecule has 0 fully saturated rings. The van der Waals surface area contributed by atoms with Crippen LogP contribution < -0.4 is 5.32 Å². The van der Waals surface area contributed by atoms with Crippen LogP contribution in [0.25, 0.3) is 0 Å². The summed E-state index contributed by atoms with van der Waals surface area (Å²) in [6, 6.07) is 6.78. The van der Waals surface area contributed by atoms with E-state index in [1.807, 2.05) is 12.4 Å². The topological polar surface area (TPSA) is 49.9 Å². The molecule has 18 heavy (non-hydrogen) atoms. The van der Waals surface area contributed by atoms with Gasteiger partial charge in [-0.05, 0) is 23.2 Å². The van der Waals surface area contributed by atoms with Gasteiger partial charge in [-0.25, -0.2) is 0 Å². The van der Waals surface area contributed by atoms with Crippen LogP contribution in [0.5, 0.6) is 0 Å². The molecule has 1 aliphatic rings. The zero-order chi connectivity index (χ0) is 12.4. The van der Waals surface area contributed by atoms with Crippen LogP contribution in [0.1, 0.15) is 35.2 Å². The Balaban J connectivity index is 1.95. The Morgan fingerprint density at radius 2 is 2.22 bits per heavy atom. The normalized spacial score (nSPS) is 15.6. The lowest BCUT2D eigenvalue weighted by molar-refractivity contribution is 0.134. The smallest absolute Gasteiger partial charge is 0.0725 e. The summed E-state index contributed by atoms with van der Waals surface area (Å²) in [6.07, 6.45) is 3.81. The number of H-pyrrole nitrogens is 1. The van der Waals surface area contributed by atoms with Gasteiger partial charge >= 0.3 is 0 Å². The van der Waals surface area contributed by atoms with Gasteiger partial charge in [0.1, 0.15) is 0 Å². The number of ether oxygens (including phenoxy) is 1. The van der Waals surface area contributed by atoms with E-state index in [9.17, 15) is 0 Å². The number of rotatable bonds is 4. The minimum atomic E-state index is 0.194. The maximum atomic E-state index is 5.46. The predicted molar refractivity (Wildman–Crippen MR) is 69.0 cm³/mol. The average Bonchev–Trinajstić information content (AvgIpc) is 3.05. The molecular formula is C14H17N3O. The summed E-state index contributed by atoms with van der Waals surface area (Å²) in [5.74, 6) is 0. The lowest BCUT2D eigenvalue weighted by atomic mass is 9.97. The maximum Gasteiger partial charge on any atom is 0.0725 e. The van der Waals surface area contributed by atoms with Crippen LogP contribution in [-0.4, -0.2) is 16.7 Å². The van der Waals surface area contributed by atoms with Crippen molar-refractivity contribution in [3.63, 3.8) is 0 Å². The van der Waals surface area contributed by atoms with E-state index >= 15 is 0 Å². The van der Waals surface area contributed by atoms with E-state index < -0.39 is 0 Å². The van der Waals surface area contributed by atoms with Gasteiger partial charge in [0.25, 0.3) is 0 Å². The number of hydrogen-bond donors (Lipinski definition) is 2. The highest BCUT2D eigenvalue weighted by molar-refractivity contribution is 5.37. The second-order valence-electron chi connectivity index (χ2n) is 4.54. The van der Waals surface area contributed by atoms with E-state index in [1.54, 1.807) is 0 Å². The van der Waals surface area contributed by atoms with Crippen molar-refractivity contribution in [1.29, 1.82) is 0 Å². The first-order chi connectivity index (χ1) is 8.88. The molecule has 1 aromatic heterocycles. The van der Waals surface area contributed by atoms with Crippen molar-refractivity contribution in [3.05, 3.63) is 52.8 Å². The summed E-state index contributed by atoms with van der Waals surface area (Å²) >= 11 is 0. The fraction of sp³-hybridized carbons (Fsp3) is 0.357. The van der Waals surface area contributed by atoms with E-state index in [-0.39, 0.29) is 6.04 Å². The summed E-state index contributed by atoms with van der Waals surface area (Å²) < 4.78 is 5.46. The first-order valence-electron chi connectivity index (χ1n) is 6.30. The monoisotopic (exact) mass is 243 g/mol. The Kier molecular flexibility index (Phi) is 3.13. The number of hydrogen-bond acceptors (Lipinski definition) is 3. The van der Waals surface area contributed by atoms with Crippen molar-refractivity contribution in [3.8, 4) is 0 Å². The van der Waals surface area contributed by atoms with Crippen LogP contribution in [0.15, 0.2) is 30.6 Å². The van der Waals surface area contributed by atoms with Crippen LogP contribution in [0.4, 0.5) is 0 Å². The molecule has 1 aliphatic heterocycles. The predicted octanol–water partition coefficient (Wildman–Crippen LogP) is 2.14. The third-order valence-corrected chi connectivity index (χ3v) is 3.34. The highest BCUT2D eigenvalue weighted by atomic mass is 16.5. The molecule has 4 nitrogen and oxygen atoms in total. The molecular weight excluding hydrogens is 226 g/mol. The number of nitrogens with zero attached hydrogens (tertiary/aromatic N) is 1. The summed E-state index contributed by atoms with van der Waals surface area (Å²) in [5.41, 5.74) is 5.04. The van der Waals surface area contributed by atoms with E-state index in [0.717, 1.165) is 25.3 Å². The lowest BCUT2D eigenvalue weighted by Crippen LogP contribution is -2.21. The minimum Gasteiger partial charge on any atom is -0.372 e. The number of benzene rings is 1. The largest absolute Gasteiger partial charge is 0.372 e. The average molecular weight is 243 g/mol. The molecule has 2 N–H and O–H groups in total. The van der Waals surface area contributed by atoms with Crippen LogP contribution in [0.3, 0.4) is 0 Å². The van der Waals surface area contributed by atoms with E-state index in [0.29, 0.717) is 0 Å². The summed E-state index contributed by atoms with van der Waals surface area (Å²) in [5, 5.41) is 10.4. The molecule has 1 unspecified atom stereocenters. The second-order valence-corrected chi connectivity index (χ2v) is 4.54. The highest BCUT2D eigenvalue weighted by Crippen LogP contribution is 2.27. The van der Waals surface area contributed by atoms with Crippen LogP contribution in [0, 0.1) is 0 Å². The fourth-order valence-corrected chi connectivity index (χ4v) is 2.42. The molecule has 0 radical (unpaired) electrons. The van der Waals surface area contributed by atoms with Crippen molar-refractivity contribution < 1.29 is 4.74 Å². The van der Waals surface area contributed by atoms with Gasteiger partial charge in [-0.3, -0.25) is 5.10 Å². The number of aromatic nitrogens is 2. The Morgan fingerprint density at radius 1 is 1.33 bits per heavy atom. The summed E-state index contributed by atoms with van der Waals surface area (Å²) in [4.78, 5) is 0. The van der Waals surface area contributed by atoms with Gasteiger partial charge in [0, 0.05) is 11.8 Å². The summed E-state index contributed by atoms with van der Waals surface area (Å²) in [7, 11) is 0. The number of aromatic amines is 1. The second kappa shape index (κ2) is 4.92. The van der Waals surface area contributed by atoms with Gasteiger partial charge in [-0.15, -0.1) is 0 Å². The molecule has 2 heterocycles. The molecule has 1 atom stereocenters. The Labute approximate surface area is 106 Å². The molecule has 4 heteroatoms. The quantitative estimate of drug-likeness (QED) is 0.865. The molecule has 94 valence electrons. The van der Waals surface area contributed by atoms with Gasteiger partial charge in [-0.2, -0.15) is 5.10 Å². The third-order valence-electron chi connectivity index (χ3n) is 3.34. The molecule has 1 aromatic carbocycles. The number of nitrogens with one attached hydrogen (secondary N) is 2. The first kappa shape index (κ1) is 11.4.